The van der Waals surface area contributed by atoms with E-state index < -0.39 is 0 Å². The number of nitrogens with zero attached hydrogens (tertiary/aromatic N) is 1. The highest BCUT2D eigenvalue weighted by Gasteiger charge is 1.93. The van der Waals surface area contributed by atoms with Crippen LogP contribution in [-0.2, 0) is 0 Å². The van der Waals surface area contributed by atoms with E-state index in [1.807, 2.05) is 23.9 Å². The maximum absolute atomic E-state index is 8.58. The molecular weight excluding hydrogens is 210 g/mol. The fourth-order valence-electron chi connectivity index (χ4n) is 1.09. The number of aliphatic hydroxyl groups excluding tert-OH is 1. The van der Waals surface area contributed by atoms with Crippen molar-refractivity contribution in [2.45, 2.75) is 6.42 Å². The first-order valence-electron chi connectivity index (χ1n) is 4.97. The molecular formula is C10H17N3OS. The molecule has 0 amide bonds. The molecule has 0 fully saturated rings. The molecule has 1 aromatic rings. The molecule has 1 aromatic heterocycles. The maximum atomic E-state index is 8.58. The Hall–Kier alpha value is -0.940. The second kappa shape index (κ2) is 7.36. The molecule has 1 heterocycles. The second-order valence-corrected chi connectivity index (χ2v) is 4.31. The first-order valence-corrected chi connectivity index (χ1v) is 6.12. The summed E-state index contributed by atoms with van der Waals surface area (Å²) in [6.07, 6.45) is 2.56. The average Bonchev–Trinajstić information content (AvgIpc) is 2.23. The van der Waals surface area contributed by atoms with E-state index in [1.165, 1.54) is 0 Å². The summed E-state index contributed by atoms with van der Waals surface area (Å²) < 4.78 is 0. The van der Waals surface area contributed by atoms with Crippen LogP contribution in [0, 0.1) is 0 Å². The zero-order chi connectivity index (χ0) is 10.9. The molecule has 15 heavy (non-hydrogen) atoms. The van der Waals surface area contributed by atoms with Crippen molar-refractivity contribution in [1.29, 1.82) is 0 Å². The van der Waals surface area contributed by atoms with E-state index in [9.17, 15) is 0 Å². The summed E-state index contributed by atoms with van der Waals surface area (Å²) >= 11 is 1.83. The van der Waals surface area contributed by atoms with Gasteiger partial charge >= 0.3 is 0 Å². The first-order chi connectivity index (χ1) is 7.33. The Morgan fingerprint density at radius 1 is 1.47 bits per heavy atom. The minimum absolute atomic E-state index is 0.279. The highest BCUT2D eigenvalue weighted by atomic mass is 32.2. The summed E-state index contributed by atoms with van der Waals surface area (Å²) in [5.74, 6) is 2.58. The van der Waals surface area contributed by atoms with E-state index in [2.05, 4.69) is 10.3 Å². The van der Waals surface area contributed by atoms with Gasteiger partial charge in [0.1, 0.15) is 5.82 Å². The summed E-state index contributed by atoms with van der Waals surface area (Å²) in [5, 5.41) is 11.8. The van der Waals surface area contributed by atoms with E-state index in [0.717, 1.165) is 30.2 Å². The van der Waals surface area contributed by atoms with Crippen LogP contribution >= 0.6 is 11.8 Å². The summed E-state index contributed by atoms with van der Waals surface area (Å²) in [6.45, 7) is 1.18. The number of thioether (sulfide) groups is 1. The van der Waals surface area contributed by atoms with Crippen LogP contribution in [0.15, 0.2) is 18.3 Å². The van der Waals surface area contributed by atoms with Crippen molar-refractivity contribution >= 4 is 23.3 Å². The minimum Gasteiger partial charge on any atom is -0.396 e. The number of anilines is 2. The smallest absolute Gasteiger partial charge is 0.125 e. The van der Waals surface area contributed by atoms with Crippen LogP contribution in [0.5, 0.6) is 0 Å². The summed E-state index contributed by atoms with van der Waals surface area (Å²) in [5.41, 5.74) is 6.55. The van der Waals surface area contributed by atoms with E-state index in [-0.39, 0.29) is 6.61 Å². The van der Waals surface area contributed by atoms with Crippen LogP contribution in [0.1, 0.15) is 6.42 Å². The molecule has 0 radical (unpaired) electrons. The molecule has 0 spiro atoms. The topological polar surface area (TPSA) is 71.2 Å². The third kappa shape index (κ3) is 5.49. The zero-order valence-electron chi connectivity index (χ0n) is 8.65. The predicted octanol–water partition coefficient (Wildman–Crippen LogP) is 1.19. The lowest BCUT2D eigenvalue weighted by molar-refractivity contribution is 0.296. The van der Waals surface area contributed by atoms with Gasteiger partial charge in [0.25, 0.3) is 0 Å². The van der Waals surface area contributed by atoms with Gasteiger partial charge in [-0.15, -0.1) is 0 Å². The Morgan fingerprint density at radius 3 is 3.07 bits per heavy atom. The minimum atomic E-state index is 0.279. The van der Waals surface area contributed by atoms with E-state index in [0.29, 0.717) is 5.82 Å². The Balaban J connectivity index is 2.10. The zero-order valence-corrected chi connectivity index (χ0v) is 9.46. The molecule has 5 heteroatoms. The average molecular weight is 227 g/mol. The molecule has 84 valence electrons. The van der Waals surface area contributed by atoms with Gasteiger partial charge in [-0.3, -0.25) is 0 Å². The molecule has 0 bridgehead atoms. The highest BCUT2D eigenvalue weighted by molar-refractivity contribution is 7.99. The summed E-state index contributed by atoms with van der Waals surface area (Å²) in [7, 11) is 0. The highest BCUT2D eigenvalue weighted by Crippen LogP contribution is 2.09. The SMILES string of the molecule is Nc1cc(NCCSCCCO)ccn1. The number of aliphatic hydroxyl groups is 1. The van der Waals surface area contributed by atoms with Gasteiger partial charge in [0.05, 0.1) is 0 Å². The largest absolute Gasteiger partial charge is 0.396 e. The monoisotopic (exact) mass is 227 g/mol. The van der Waals surface area contributed by atoms with Gasteiger partial charge in [-0.25, -0.2) is 4.98 Å². The Bertz CT molecular complexity index is 283. The fourth-order valence-corrected chi connectivity index (χ4v) is 1.88. The van der Waals surface area contributed by atoms with Crippen LogP contribution < -0.4 is 11.1 Å². The number of pyridine rings is 1. The Kier molecular flexibility index (Phi) is 5.96. The quantitative estimate of drug-likeness (QED) is 0.610. The standard InChI is InChI=1S/C10H17N3OS/c11-10-8-9(2-3-13-10)12-4-7-15-6-1-5-14/h2-3,8,14H,1,4-7H2,(H3,11,12,13). The number of rotatable bonds is 7. The molecule has 1 rings (SSSR count). The number of nitrogens with two attached hydrogens (primary N) is 1. The third-order valence-corrected chi connectivity index (χ3v) is 2.87. The van der Waals surface area contributed by atoms with Crippen molar-refractivity contribution in [2.24, 2.45) is 0 Å². The van der Waals surface area contributed by atoms with E-state index in [1.54, 1.807) is 6.20 Å². The maximum Gasteiger partial charge on any atom is 0.125 e. The van der Waals surface area contributed by atoms with Gasteiger partial charge < -0.3 is 16.2 Å². The lowest BCUT2D eigenvalue weighted by Crippen LogP contribution is -2.05. The van der Waals surface area contributed by atoms with Gasteiger partial charge in [-0.1, -0.05) is 0 Å². The molecule has 0 aliphatic rings. The molecule has 0 saturated heterocycles. The van der Waals surface area contributed by atoms with E-state index >= 15 is 0 Å². The molecule has 0 aliphatic carbocycles. The number of nitrogen functional groups attached to an aromatic ring is 1. The molecule has 4 N–H and O–H groups in total. The lowest BCUT2D eigenvalue weighted by Gasteiger charge is -2.06. The molecule has 4 nitrogen and oxygen atoms in total. The van der Waals surface area contributed by atoms with Crippen molar-refractivity contribution in [2.75, 3.05) is 35.7 Å². The summed E-state index contributed by atoms with van der Waals surface area (Å²) in [4.78, 5) is 3.91. The molecule has 0 aliphatic heterocycles. The van der Waals surface area contributed by atoms with Gasteiger partial charge in [0, 0.05) is 36.9 Å². The molecule has 0 unspecified atom stereocenters. The third-order valence-electron chi connectivity index (χ3n) is 1.80. The summed E-state index contributed by atoms with van der Waals surface area (Å²) in [6, 6.07) is 3.72. The van der Waals surface area contributed by atoms with Crippen molar-refractivity contribution in [3.8, 4) is 0 Å². The number of nitrogens with one attached hydrogen (secondary N) is 1. The normalized spacial score (nSPS) is 10.2. The predicted molar refractivity (Wildman–Crippen MR) is 66.2 cm³/mol. The van der Waals surface area contributed by atoms with Crippen LogP contribution in [0.2, 0.25) is 0 Å². The van der Waals surface area contributed by atoms with Crippen molar-refractivity contribution in [3.63, 3.8) is 0 Å². The fraction of sp³-hybridized carbons (Fsp3) is 0.500. The van der Waals surface area contributed by atoms with E-state index in [4.69, 9.17) is 10.8 Å². The number of hydrogen-bond donors (Lipinski definition) is 3. The van der Waals surface area contributed by atoms with Crippen molar-refractivity contribution in [3.05, 3.63) is 18.3 Å². The van der Waals surface area contributed by atoms with Crippen molar-refractivity contribution < 1.29 is 5.11 Å². The first kappa shape index (κ1) is 12.1. The van der Waals surface area contributed by atoms with Gasteiger partial charge in [0.15, 0.2) is 0 Å². The van der Waals surface area contributed by atoms with Gasteiger partial charge in [-0.2, -0.15) is 11.8 Å². The lowest BCUT2D eigenvalue weighted by atomic mass is 10.4. The Morgan fingerprint density at radius 2 is 2.33 bits per heavy atom. The van der Waals surface area contributed by atoms with Gasteiger partial charge in [0.2, 0.25) is 0 Å². The molecule has 0 saturated carbocycles. The van der Waals surface area contributed by atoms with Crippen molar-refractivity contribution in [1.82, 2.24) is 4.98 Å². The van der Waals surface area contributed by atoms with Crippen LogP contribution in [0.4, 0.5) is 11.5 Å². The molecule has 0 atom stereocenters. The molecule has 0 aromatic carbocycles. The Labute approximate surface area is 94.3 Å². The van der Waals surface area contributed by atoms with Crippen LogP contribution in [0.3, 0.4) is 0 Å². The number of hydrogen-bond acceptors (Lipinski definition) is 5. The second-order valence-electron chi connectivity index (χ2n) is 3.09. The van der Waals surface area contributed by atoms with Crippen LogP contribution in [-0.4, -0.2) is 34.7 Å². The van der Waals surface area contributed by atoms with Gasteiger partial charge in [-0.05, 0) is 18.2 Å². The number of aromatic nitrogens is 1. The van der Waals surface area contributed by atoms with Crippen LogP contribution in [0.25, 0.3) is 0 Å².